The average Bonchev–Trinajstić information content (AvgIpc) is 2.15. The molecule has 0 bridgehead atoms. The lowest BCUT2D eigenvalue weighted by Gasteiger charge is -1.83. The van der Waals surface area contributed by atoms with Gasteiger partial charge in [0.15, 0.2) is 0 Å². The molecular weight excluding hydrogens is 156 g/mol. The normalized spacial score (nSPS) is 9.46. The SMILES string of the molecule is C=CCCC.CCC/C=C/CCC. The first-order valence-electron chi connectivity index (χ1n) is 5.59. The van der Waals surface area contributed by atoms with E-state index < -0.39 is 0 Å². The molecule has 0 aromatic rings. The van der Waals surface area contributed by atoms with Gasteiger partial charge in [0.1, 0.15) is 0 Å². The third kappa shape index (κ3) is 24.6. The van der Waals surface area contributed by atoms with Gasteiger partial charge in [-0.3, -0.25) is 0 Å². The molecule has 0 aromatic heterocycles. The van der Waals surface area contributed by atoms with Crippen molar-refractivity contribution in [1.29, 1.82) is 0 Å². The van der Waals surface area contributed by atoms with Crippen LogP contribution >= 0.6 is 0 Å². The molecule has 0 aliphatic carbocycles. The first kappa shape index (κ1) is 15.0. The van der Waals surface area contributed by atoms with Crippen molar-refractivity contribution in [2.45, 2.75) is 59.3 Å². The summed E-state index contributed by atoms with van der Waals surface area (Å²) in [7, 11) is 0. The van der Waals surface area contributed by atoms with Crippen molar-refractivity contribution in [3.8, 4) is 0 Å². The van der Waals surface area contributed by atoms with Crippen LogP contribution in [0.15, 0.2) is 24.8 Å². The lowest BCUT2D eigenvalue weighted by molar-refractivity contribution is 0.921. The highest BCUT2D eigenvalue weighted by atomic mass is 13.8. The molecule has 13 heavy (non-hydrogen) atoms. The Labute approximate surface area is 84.7 Å². The number of hydrogen-bond donors (Lipinski definition) is 0. The standard InChI is InChI=1S/C8H16.C5H10/c1-3-5-7-8-6-4-2;1-3-5-4-2/h7-8H,3-6H2,1-2H3;3H,1,4-5H2,2H3/b8-7+;. The van der Waals surface area contributed by atoms with Crippen LogP contribution in [0.4, 0.5) is 0 Å². The van der Waals surface area contributed by atoms with E-state index in [0.29, 0.717) is 0 Å². The van der Waals surface area contributed by atoms with Gasteiger partial charge in [-0.25, -0.2) is 0 Å². The molecule has 0 rings (SSSR count). The van der Waals surface area contributed by atoms with E-state index in [1.807, 2.05) is 6.08 Å². The van der Waals surface area contributed by atoms with E-state index >= 15 is 0 Å². The summed E-state index contributed by atoms with van der Waals surface area (Å²) < 4.78 is 0. The van der Waals surface area contributed by atoms with E-state index in [2.05, 4.69) is 39.5 Å². The van der Waals surface area contributed by atoms with Crippen molar-refractivity contribution in [3.63, 3.8) is 0 Å². The van der Waals surface area contributed by atoms with Gasteiger partial charge >= 0.3 is 0 Å². The molecule has 0 nitrogen and oxygen atoms in total. The van der Waals surface area contributed by atoms with E-state index in [0.717, 1.165) is 6.42 Å². The fourth-order valence-electron chi connectivity index (χ4n) is 0.773. The average molecular weight is 182 g/mol. The van der Waals surface area contributed by atoms with Crippen LogP contribution in [-0.2, 0) is 0 Å². The number of rotatable bonds is 6. The predicted molar refractivity (Wildman–Crippen MR) is 64.1 cm³/mol. The van der Waals surface area contributed by atoms with Crippen LogP contribution in [0.3, 0.4) is 0 Å². The third-order valence-electron chi connectivity index (χ3n) is 1.57. The Balaban J connectivity index is 0. The van der Waals surface area contributed by atoms with Gasteiger partial charge in [0, 0.05) is 0 Å². The molecule has 0 unspecified atom stereocenters. The van der Waals surface area contributed by atoms with E-state index in [9.17, 15) is 0 Å². The van der Waals surface area contributed by atoms with Crippen LogP contribution in [0.25, 0.3) is 0 Å². The quantitative estimate of drug-likeness (QED) is 0.500. The maximum absolute atomic E-state index is 3.55. The Kier molecular flexibility index (Phi) is 20.2. The van der Waals surface area contributed by atoms with Gasteiger partial charge in [-0.2, -0.15) is 0 Å². The van der Waals surface area contributed by atoms with Crippen molar-refractivity contribution in [1.82, 2.24) is 0 Å². The van der Waals surface area contributed by atoms with E-state index in [-0.39, 0.29) is 0 Å². The Morgan fingerprint density at radius 2 is 1.15 bits per heavy atom. The van der Waals surface area contributed by atoms with Crippen LogP contribution < -0.4 is 0 Å². The van der Waals surface area contributed by atoms with Crippen LogP contribution in [0, 0.1) is 0 Å². The molecule has 0 heteroatoms. The molecule has 78 valence electrons. The molecule has 0 N–H and O–H groups in total. The molecule has 0 saturated carbocycles. The molecule has 0 saturated heterocycles. The summed E-state index contributed by atoms with van der Waals surface area (Å²) in [4.78, 5) is 0. The fourth-order valence-corrected chi connectivity index (χ4v) is 0.773. The maximum Gasteiger partial charge on any atom is -0.0353 e. The zero-order valence-electron chi connectivity index (χ0n) is 9.68. The van der Waals surface area contributed by atoms with Crippen LogP contribution in [-0.4, -0.2) is 0 Å². The van der Waals surface area contributed by atoms with Crippen molar-refractivity contribution in [2.24, 2.45) is 0 Å². The lowest BCUT2D eigenvalue weighted by atomic mass is 10.2. The van der Waals surface area contributed by atoms with Gasteiger partial charge in [-0.1, -0.05) is 58.3 Å². The molecule has 0 aromatic carbocycles. The van der Waals surface area contributed by atoms with Crippen molar-refractivity contribution >= 4 is 0 Å². The molecule has 0 heterocycles. The highest BCUT2D eigenvalue weighted by Gasteiger charge is 1.72. The summed E-state index contributed by atoms with van der Waals surface area (Å²) in [5, 5.41) is 0. The zero-order chi connectivity index (χ0) is 10.4. The predicted octanol–water partition coefficient (Wildman–Crippen LogP) is 5.12. The van der Waals surface area contributed by atoms with Gasteiger partial charge < -0.3 is 0 Å². The second-order valence-corrected chi connectivity index (χ2v) is 3.13. The van der Waals surface area contributed by atoms with E-state index in [1.54, 1.807) is 0 Å². The Morgan fingerprint density at radius 3 is 1.31 bits per heavy atom. The minimum absolute atomic E-state index is 1.15. The van der Waals surface area contributed by atoms with Crippen LogP contribution in [0.1, 0.15) is 59.3 Å². The van der Waals surface area contributed by atoms with Gasteiger partial charge in [0.05, 0.1) is 0 Å². The molecule has 0 amide bonds. The maximum atomic E-state index is 3.55. The van der Waals surface area contributed by atoms with Crippen molar-refractivity contribution < 1.29 is 0 Å². The van der Waals surface area contributed by atoms with Crippen molar-refractivity contribution in [3.05, 3.63) is 24.8 Å². The second-order valence-electron chi connectivity index (χ2n) is 3.13. The minimum atomic E-state index is 1.15. The van der Waals surface area contributed by atoms with Crippen molar-refractivity contribution in [2.75, 3.05) is 0 Å². The Hall–Kier alpha value is -0.520. The summed E-state index contributed by atoms with van der Waals surface area (Å²) >= 11 is 0. The minimum Gasteiger partial charge on any atom is -0.103 e. The summed E-state index contributed by atoms with van der Waals surface area (Å²) in [6.07, 6.45) is 13.9. The molecule has 0 spiro atoms. The summed E-state index contributed by atoms with van der Waals surface area (Å²) in [5.74, 6) is 0. The summed E-state index contributed by atoms with van der Waals surface area (Å²) in [5.41, 5.74) is 0. The highest BCUT2D eigenvalue weighted by Crippen LogP contribution is 1.92. The topological polar surface area (TPSA) is 0 Å². The smallest absolute Gasteiger partial charge is 0.0353 e. The van der Waals surface area contributed by atoms with Gasteiger partial charge in [-0.15, -0.1) is 6.58 Å². The third-order valence-corrected chi connectivity index (χ3v) is 1.57. The van der Waals surface area contributed by atoms with E-state index in [4.69, 9.17) is 0 Å². The molecule has 0 radical (unpaired) electrons. The number of allylic oxidation sites excluding steroid dienone is 3. The Bertz CT molecular complexity index is 92.6. The fraction of sp³-hybridized carbons (Fsp3) is 0.692. The molecule has 0 atom stereocenters. The Morgan fingerprint density at radius 1 is 0.769 bits per heavy atom. The molecule has 0 aliphatic heterocycles. The van der Waals surface area contributed by atoms with Crippen LogP contribution in [0.2, 0.25) is 0 Å². The van der Waals surface area contributed by atoms with Crippen LogP contribution in [0.5, 0.6) is 0 Å². The van der Waals surface area contributed by atoms with Gasteiger partial charge in [0.25, 0.3) is 0 Å². The summed E-state index contributed by atoms with van der Waals surface area (Å²) in [6.45, 7) is 10.1. The lowest BCUT2D eigenvalue weighted by Crippen LogP contribution is -1.62. The van der Waals surface area contributed by atoms with E-state index in [1.165, 1.54) is 32.1 Å². The largest absolute Gasteiger partial charge is 0.103 e. The molecule has 0 aliphatic rings. The second kappa shape index (κ2) is 17.5. The summed E-state index contributed by atoms with van der Waals surface area (Å²) in [6, 6.07) is 0. The zero-order valence-corrected chi connectivity index (χ0v) is 9.68. The number of hydrogen-bond acceptors (Lipinski definition) is 0. The molecule has 0 fully saturated rings. The van der Waals surface area contributed by atoms with Gasteiger partial charge in [0.2, 0.25) is 0 Å². The van der Waals surface area contributed by atoms with Gasteiger partial charge in [-0.05, 0) is 19.3 Å². The monoisotopic (exact) mass is 182 g/mol. The number of unbranched alkanes of at least 4 members (excludes halogenated alkanes) is 3. The first-order valence-corrected chi connectivity index (χ1v) is 5.59. The first-order chi connectivity index (χ1) is 6.33. The molecular formula is C13H26. The highest BCUT2D eigenvalue weighted by molar-refractivity contribution is 4.79.